The Morgan fingerprint density at radius 2 is 1.97 bits per heavy atom. The van der Waals surface area contributed by atoms with Gasteiger partial charge in [-0.25, -0.2) is 0 Å². The summed E-state index contributed by atoms with van der Waals surface area (Å²) in [5.74, 6) is 1.30. The number of amides is 1. The molecule has 6 rings (SSSR count). The van der Waals surface area contributed by atoms with E-state index in [0.29, 0.717) is 6.54 Å². The highest BCUT2D eigenvalue weighted by molar-refractivity contribution is 5.99. The Balaban J connectivity index is 1.29. The van der Waals surface area contributed by atoms with Gasteiger partial charge in [0.25, 0.3) is 5.91 Å². The Morgan fingerprint density at radius 1 is 1.03 bits per heavy atom. The number of nitrogens with one attached hydrogen (secondary N) is 1. The van der Waals surface area contributed by atoms with Crippen molar-refractivity contribution in [3.63, 3.8) is 0 Å². The molecule has 1 unspecified atom stereocenters. The van der Waals surface area contributed by atoms with Crippen molar-refractivity contribution in [1.82, 2.24) is 24.5 Å². The number of aromatic amines is 1. The maximum absolute atomic E-state index is 13.5. The zero-order valence-electron chi connectivity index (χ0n) is 17.7. The fourth-order valence-electron chi connectivity index (χ4n) is 5.41. The number of fused-ring (bicyclic) bond motifs is 4. The second-order valence-electron chi connectivity index (χ2n) is 8.98. The Morgan fingerprint density at radius 3 is 2.94 bits per heavy atom. The molecule has 6 nitrogen and oxygen atoms in total. The van der Waals surface area contributed by atoms with E-state index in [1.54, 1.807) is 0 Å². The number of nitrogens with zero attached hydrogens (tertiary/aromatic N) is 4. The lowest BCUT2D eigenvalue weighted by Crippen LogP contribution is -2.39. The lowest BCUT2D eigenvalue weighted by atomic mass is 9.96. The van der Waals surface area contributed by atoms with Crippen LogP contribution in [0.1, 0.15) is 65.5 Å². The molecule has 1 aliphatic carbocycles. The van der Waals surface area contributed by atoms with E-state index in [0.717, 1.165) is 54.8 Å². The number of hydrogen-bond donors (Lipinski definition) is 1. The monoisotopic (exact) mass is 413 g/mol. The third kappa shape index (κ3) is 3.21. The minimum Gasteiger partial charge on any atom is -0.358 e. The van der Waals surface area contributed by atoms with Crippen LogP contribution in [0.15, 0.2) is 42.6 Å². The van der Waals surface area contributed by atoms with Crippen molar-refractivity contribution in [2.24, 2.45) is 0 Å². The molecule has 1 saturated heterocycles. The molecular weight excluding hydrogens is 386 g/mol. The number of pyridine rings is 1. The van der Waals surface area contributed by atoms with Crippen molar-refractivity contribution in [1.29, 1.82) is 0 Å². The number of benzene rings is 1. The minimum absolute atomic E-state index is 0.129. The number of piperidine rings is 1. The summed E-state index contributed by atoms with van der Waals surface area (Å²) in [7, 11) is 0. The summed E-state index contributed by atoms with van der Waals surface area (Å²) in [6, 6.07) is 12.1. The zero-order chi connectivity index (χ0) is 20.8. The van der Waals surface area contributed by atoms with Crippen LogP contribution in [0.2, 0.25) is 0 Å². The molecule has 158 valence electrons. The molecule has 2 aliphatic rings. The third-order valence-electron chi connectivity index (χ3n) is 7.01. The van der Waals surface area contributed by atoms with Crippen molar-refractivity contribution in [3.05, 3.63) is 65.2 Å². The molecule has 4 heterocycles. The van der Waals surface area contributed by atoms with Crippen LogP contribution in [0.3, 0.4) is 0 Å². The smallest absolute Gasteiger partial charge is 0.253 e. The van der Waals surface area contributed by atoms with Crippen molar-refractivity contribution in [2.75, 3.05) is 13.1 Å². The van der Waals surface area contributed by atoms with E-state index >= 15 is 0 Å². The second kappa shape index (κ2) is 7.52. The summed E-state index contributed by atoms with van der Waals surface area (Å²) in [4.78, 5) is 19.1. The molecule has 1 aliphatic heterocycles. The third-order valence-corrected chi connectivity index (χ3v) is 7.01. The van der Waals surface area contributed by atoms with Gasteiger partial charge >= 0.3 is 0 Å². The van der Waals surface area contributed by atoms with Crippen LogP contribution in [-0.4, -0.2) is 43.5 Å². The summed E-state index contributed by atoms with van der Waals surface area (Å²) in [5.41, 5.74) is 5.61. The van der Waals surface area contributed by atoms with Gasteiger partial charge in [-0.1, -0.05) is 12.5 Å². The molecule has 6 heteroatoms. The summed E-state index contributed by atoms with van der Waals surface area (Å²) in [5, 5.41) is 9.99. The Hall–Kier alpha value is -3.15. The molecule has 1 N–H and O–H groups in total. The average Bonchev–Trinajstić information content (AvgIpc) is 3.32. The lowest BCUT2D eigenvalue weighted by molar-refractivity contribution is 0.0704. The Labute approximate surface area is 181 Å². The molecule has 0 saturated carbocycles. The van der Waals surface area contributed by atoms with E-state index in [1.807, 2.05) is 35.4 Å². The van der Waals surface area contributed by atoms with Gasteiger partial charge in [0.05, 0.1) is 0 Å². The van der Waals surface area contributed by atoms with E-state index in [-0.39, 0.29) is 11.8 Å². The van der Waals surface area contributed by atoms with Crippen LogP contribution in [0, 0.1) is 0 Å². The Bertz CT molecular complexity index is 1270. The molecule has 1 atom stereocenters. The number of H-pyrrole nitrogens is 1. The highest BCUT2D eigenvalue weighted by Gasteiger charge is 2.29. The number of carbonyl (C=O) groups excluding carboxylic acids is 1. The number of hydrogen-bond acceptors (Lipinski definition) is 3. The fourth-order valence-corrected chi connectivity index (χ4v) is 5.41. The standard InChI is InChI=1S/C25H27N5O/c31-25(17-11-12-22-20(15-17)19-8-2-1-3-9-21(19)26-22)29-13-6-7-18(16-29)24-28-27-23-10-4-5-14-30(23)24/h4-5,10-12,14-15,18,26H,1-3,6-9,13,16H2. The van der Waals surface area contributed by atoms with Gasteiger partial charge in [0.1, 0.15) is 5.82 Å². The predicted octanol–water partition coefficient (Wildman–Crippen LogP) is 4.50. The molecule has 4 aromatic rings. The first-order valence-corrected chi connectivity index (χ1v) is 11.5. The normalized spacial score (nSPS) is 19.5. The van der Waals surface area contributed by atoms with Gasteiger partial charge in [0, 0.05) is 47.4 Å². The van der Waals surface area contributed by atoms with Crippen molar-refractivity contribution >= 4 is 22.5 Å². The summed E-state index contributed by atoms with van der Waals surface area (Å²) in [6.45, 7) is 1.49. The van der Waals surface area contributed by atoms with Gasteiger partial charge in [0.15, 0.2) is 5.65 Å². The lowest BCUT2D eigenvalue weighted by Gasteiger charge is -2.32. The van der Waals surface area contributed by atoms with Crippen LogP contribution in [0.5, 0.6) is 0 Å². The second-order valence-corrected chi connectivity index (χ2v) is 8.98. The van der Waals surface area contributed by atoms with Crippen molar-refractivity contribution in [2.45, 2.75) is 50.9 Å². The number of rotatable bonds is 2. The van der Waals surface area contributed by atoms with Gasteiger partial charge in [-0.2, -0.15) is 0 Å². The Kier molecular flexibility index (Phi) is 4.51. The van der Waals surface area contributed by atoms with Crippen LogP contribution >= 0.6 is 0 Å². The maximum atomic E-state index is 13.5. The number of aromatic nitrogens is 4. The van der Waals surface area contributed by atoms with Gasteiger partial charge in [-0.3, -0.25) is 9.20 Å². The highest BCUT2D eigenvalue weighted by Crippen LogP contribution is 2.31. The van der Waals surface area contributed by atoms with Crippen molar-refractivity contribution < 1.29 is 4.79 Å². The number of aryl methyl sites for hydroxylation is 2. The van der Waals surface area contributed by atoms with Gasteiger partial charge in [-0.15, -0.1) is 10.2 Å². The highest BCUT2D eigenvalue weighted by atomic mass is 16.2. The maximum Gasteiger partial charge on any atom is 0.253 e. The summed E-state index contributed by atoms with van der Waals surface area (Å²) >= 11 is 0. The molecule has 0 spiro atoms. The average molecular weight is 414 g/mol. The van der Waals surface area contributed by atoms with Gasteiger partial charge in [-0.05, 0) is 74.4 Å². The fraction of sp³-hybridized carbons (Fsp3) is 0.400. The predicted molar refractivity (Wildman–Crippen MR) is 120 cm³/mol. The molecular formula is C25H27N5O. The van der Waals surface area contributed by atoms with Gasteiger partial charge < -0.3 is 9.88 Å². The summed E-state index contributed by atoms with van der Waals surface area (Å²) in [6.07, 6.45) is 10.0. The molecule has 0 bridgehead atoms. The first-order valence-electron chi connectivity index (χ1n) is 11.5. The van der Waals surface area contributed by atoms with E-state index in [4.69, 9.17) is 0 Å². The first kappa shape index (κ1) is 18.6. The molecule has 0 radical (unpaired) electrons. The van der Waals surface area contributed by atoms with E-state index in [2.05, 4.69) is 31.7 Å². The van der Waals surface area contributed by atoms with Crippen LogP contribution in [0.4, 0.5) is 0 Å². The van der Waals surface area contributed by atoms with Crippen LogP contribution < -0.4 is 0 Å². The SMILES string of the molecule is O=C(c1ccc2[nH]c3c(c2c1)CCCCC3)N1CCCC(c2nnc3ccccn23)C1. The number of likely N-dealkylation sites (tertiary alicyclic amines) is 1. The van der Waals surface area contributed by atoms with E-state index < -0.39 is 0 Å². The molecule has 31 heavy (non-hydrogen) atoms. The molecule has 1 aromatic carbocycles. The topological polar surface area (TPSA) is 66.3 Å². The van der Waals surface area contributed by atoms with E-state index in [9.17, 15) is 4.79 Å². The quantitative estimate of drug-likeness (QED) is 0.492. The van der Waals surface area contributed by atoms with Crippen LogP contribution in [-0.2, 0) is 12.8 Å². The summed E-state index contributed by atoms with van der Waals surface area (Å²) < 4.78 is 2.06. The van der Waals surface area contributed by atoms with Crippen molar-refractivity contribution in [3.8, 4) is 0 Å². The zero-order valence-corrected chi connectivity index (χ0v) is 17.7. The first-order chi connectivity index (χ1) is 15.3. The molecule has 1 fully saturated rings. The molecule has 1 amide bonds. The largest absolute Gasteiger partial charge is 0.358 e. The van der Waals surface area contributed by atoms with Gasteiger partial charge in [0.2, 0.25) is 0 Å². The van der Waals surface area contributed by atoms with E-state index in [1.165, 1.54) is 35.9 Å². The number of carbonyl (C=O) groups is 1. The molecule has 3 aromatic heterocycles. The minimum atomic E-state index is 0.129. The van der Waals surface area contributed by atoms with Crippen LogP contribution in [0.25, 0.3) is 16.6 Å².